The molecule has 0 spiro atoms. The van der Waals surface area contributed by atoms with E-state index >= 15 is 0 Å². The van der Waals surface area contributed by atoms with Crippen LogP contribution in [0.25, 0.3) is 0 Å². The highest BCUT2D eigenvalue weighted by Crippen LogP contribution is 2.27. The number of halogens is 1. The first kappa shape index (κ1) is 14.4. The normalized spacial score (nSPS) is 12.1. The summed E-state index contributed by atoms with van der Waals surface area (Å²) in [5.74, 6) is 0.938. The lowest BCUT2D eigenvalue weighted by molar-refractivity contribution is -0.384. The summed E-state index contributed by atoms with van der Waals surface area (Å²) in [5, 5.41) is 14.2. The molecular weight excluding hydrogens is 280 g/mol. The molecule has 1 N–H and O–H groups in total. The van der Waals surface area contributed by atoms with Crippen LogP contribution in [0.4, 0.5) is 11.4 Å². The number of anilines is 1. The average Bonchev–Trinajstić information content (AvgIpc) is 2.91. The highest BCUT2D eigenvalue weighted by molar-refractivity contribution is 6.33. The van der Waals surface area contributed by atoms with Gasteiger partial charge < -0.3 is 9.73 Å². The van der Waals surface area contributed by atoms with E-state index < -0.39 is 4.92 Å². The predicted molar refractivity (Wildman–Crippen MR) is 78.2 cm³/mol. The van der Waals surface area contributed by atoms with E-state index in [1.807, 2.05) is 19.1 Å². The van der Waals surface area contributed by atoms with Gasteiger partial charge in [0, 0.05) is 24.6 Å². The summed E-state index contributed by atoms with van der Waals surface area (Å²) in [6.45, 7) is 2.03. The number of nitro benzene ring substituents is 1. The van der Waals surface area contributed by atoms with Gasteiger partial charge in [0.25, 0.3) is 5.69 Å². The Balaban J connectivity index is 1.93. The number of hydrogen-bond acceptors (Lipinski definition) is 4. The highest BCUT2D eigenvalue weighted by Gasteiger charge is 2.11. The Morgan fingerprint density at radius 1 is 1.45 bits per heavy atom. The number of non-ortho nitro benzene ring substituents is 1. The summed E-state index contributed by atoms with van der Waals surface area (Å²) in [5.41, 5.74) is 0.688. The maximum atomic E-state index is 10.6. The first-order chi connectivity index (χ1) is 9.56. The first-order valence-corrected chi connectivity index (χ1v) is 6.67. The molecule has 1 aromatic carbocycles. The third kappa shape index (κ3) is 3.74. The number of rotatable bonds is 6. The molecule has 0 amide bonds. The lowest BCUT2D eigenvalue weighted by Gasteiger charge is -2.15. The van der Waals surface area contributed by atoms with Crippen molar-refractivity contribution in [1.29, 1.82) is 0 Å². The van der Waals surface area contributed by atoms with Gasteiger partial charge in [-0.05, 0) is 31.5 Å². The van der Waals surface area contributed by atoms with Crippen molar-refractivity contribution in [3.8, 4) is 0 Å². The van der Waals surface area contributed by atoms with Gasteiger partial charge in [0.05, 0.1) is 21.9 Å². The second-order valence-electron chi connectivity index (χ2n) is 4.58. The Morgan fingerprint density at radius 2 is 2.25 bits per heavy atom. The van der Waals surface area contributed by atoms with Crippen molar-refractivity contribution < 1.29 is 9.34 Å². The van der Waals surface area contributed by atoms with Crippen LogP contribution < -0.4 is 5.32 Å². The fourth-order valence-corrected chi connectivity index (χ4v) is 2.12. The summed E-state index contributed by atoms with van der Waals surface area (Å²) in [7, 11) is 0. The SMILES string of the molecule is CC(CCc1ccco1)Nc1ccc([N+](=O)[O-])cc1Cl. The smallest absolute Gasteiger partial charge is 0.271 e. The van der Waals surface area contributed by atoms with Crippen LogP contribution in [0.2, 0.25) is 5.02 Å². The molecule has 20 heavy (non-hydrogen) atoms. The van der Waals surface area contributed by atoms with Crippen molar-refractivity contribution in [3.05, 3.63) is 57.5 Å². The van der Waals surface area contributed by atoms with E-state index in [-0.39, 0.29) is 11.7 Å². The number of nitro groups is 1. The first-order valence-electron chi connectivity index (χ1n) is 6.29. The zero-order valence-electron chi connectivity index (χ0n) is 11.0. The van der Waals surface area contributed by atoms with E-state index in [4.69, 9.17) is 16.0 Å². The summed E-state index contributed by atoms with van der Waals surface area (Å²) >= 11 is 6.03. The van der Waals surface area contributed by atoms with Crippen molar-refractivity contribution in [2.45, 2.75) is 25.8 Å². The van der Waals surface area contributed by atoms with Crippen LogP contribution in [0.15, 0.2) is 41.0 Å². The number of nitrogens with zero attached hydrogens (tertiary/aromatic N) is 1. The van der Waals surface area contributed by atoms with Crippen LogP contribution in [0.3, 0.4) is 0 Å². The monoisotopic (exact) mass is 294 g/mol. The summed E-state index contributed by atoms with van der Waals surface area (Å²) < 4.78 is 5.27. The van der Waals surface area contributed by atoms with E-state index in [0.29, 0.717) is 10.7 Å². The standard InChI is InChI=1S/C14H15ClN2O3/c1-10(4-6-12-3-2-8-20-12)16-14-7-5-11(17(18)19)9-13(14)15/h2-3,5,7-10,16H,4,6H2,1H3. The molecule has 106 valence electrons. The van der Waals surface area contributed by atoms with E-state index in [0.717, 1.165) is 18.6 Å². The molecule has 0 aliphatic heterocycles. The third-order valence-corrected chi connectivity index (χ3v) is 3.28. The molecule has 1 unspecified atom stereocenters. The Kier molecular flexibility index (Phi) is 4.63. The van der Waals surface area contributed by atoms with Crippen molar-refractivity contribution in [2.75, 3.05) is 5.32 Å². The van der Waals surface area contributed by atoms with E-state index in [9.17, 15) is 10.1 Å². The molecular formula is C14H15ClN2O3. The number of aryl methyl sites for hydroxylation is 1. The molecule has 5 nitrogen and oxygen atoms in total. The summed E-state index contributed by atoms with van der Waals surface area (Å²) in [6, 6.07) is 8.39. The van der Waals surface area contributed by atoms with Gasteiger partial charge >= 0.3 is 0 Å². The molecule has 0 saturated carbocycles. The summed E-state index contributed by atoms with van der Waals surface area (Å²) in [4.78, 5) is 10.2. The fraction of sp³-hybridized carbons (Fsp3) is 0.286. The van der Waals surface area contributed by atoms with Crippen LogP contribution >= 0.6 is 11.6 Å². The van der Waals surface area contributed by atoms with Gasteiger partial charge in [-0.15, -0.1) is 0 Å². The number of nitrogens with one attached hydrogen (secondary N) is 1. The maximum Gasteiger partial charge on any atom is 0.271 e. The molecule has 0 saturated heterocycles. The minimum absolute atomic E-state index is 0.0104. The molecule has 1 heterocycles. The van der Waals surface area contributed by atoms with Crippen LogP contribution in [-0.2, 0) is 6.42 Å². The molecule has 2 rings (SSSR count). The molecule has 0 bridgehead atoms. The van der Waals surface area contributed by atoms with E-state index in [1.54, 1.807) is 12.3 Å². The second-order valence-corrected chi connectivity index (χ2v) is 4.99. The van der Waals surface area contributed by atoms with Crippen molar-refractivity contribution >= 4 is 23.0 Å². The predicted octanol–water partition coefficient (Wildman–Crippen LogP) is 4.27. The number of benzene rings is 1. The van der Waals surface area contributed by atoms with Gasteiger partial charge in [-0.25, -0.2) is 0 Å². The topological polar surface area (TPSA) is 68.3 Å². The lowest BCUT2D eigenvalue weighted by atomic mass is 10.1. The number of furan rings is 1. The highest BCUT2D eigenvalue weighted by atomic mass is 35.5. The zero-order chi connectivity index (χ0) is 14.5. The van der Waals surface area contributed by atoms with Crippen molar-refractivity contribution in [3.63, 3.8) is 0 Å². The van der Waals surface area contributed by atoms with Gasteiger partial charge in [-0.1, -0.05) is 11.6 Å². The van der Waals surface area contributed by atoms with Crippen molar-refractivity contribution in [1.82, 2.24) is 0 Å². The Hall–Kier alpha value is -2.01. The maximum absolute atomic E-state index is 10.6. The summed E-state index contributed by atoms with van der Waals surface area (Å²) in [6.07, 6.45) is 3.35. The average molecular weight is 295 g/mol. The molecule has 0 aliphatic rings. The molecule has 1 aromatic heterocycles. The van der Waals surface area contributed by atoms with Crippen LogP contribution in [-0.4, -0.2) is 11.0 Å². The molecule has 0 radical (unpaired) electrons. The van der Waals surface area contributed by atoms with Crippen LogP contribution in [0, 0.1) is 10.1 Å². The van der Waals surface area contributed by atoms with E-state index in [2.05, 4.69) is 5.32 Å². The van der Waals surface area contributed by atoms with Crippen molar-refractivity contribution in [2.24, 2.45) is 0 Å². The zero-order valence-corrected chi connectivity index (χ0v) is 11.8. The third-order valence-electron chi connectivity index (χ3n) is 2.97. The minimum atomic E-state index is -0.462. The van der Waals surface area contributed by atoms with Gasteiger partial charge in [0.2, 0.25) is 0 Å². The number of hydrogen-bond donors (Lipinski definition) is 1. The molecule has 6 heteroatoms. The lowest BCUT2D eigenvalue weighted by Crippen LogP contribution is -2.16. The molecule has 1 atom stereocenters. The second kappa shape index (κ2) is 6.43. The van der Waals surface area contributed by atoms with Gasteiger partial charge in [-0.3, -0.25) is 10.1 Å². The Morgan fingerprint density at radius 3 is 2.85 bits per heavy atom. The quantitative estimate of drug-likeness (QED) is 0.638. The van der Waals surface area contributed by atoms with Gasteiger partial charge in [-0.2, -0.15) is 0 Å². The largest absolute Gasteiger partial charge is 0.469 e. The van der Waals surface area contributed by atoms with E-state index in [1.165, 1.54) is 12.1 Å². The molecule has 0 aliphatic carbocycles. The van der Waals surface area contributed by atoms with Gasteiger partial charge in [0.1, 0.15) is 5.76 Å². The van der Waals surface area contributed by atoms with Crippen LogP contribution in [0.5, 0.6) is 0 Å². The fourth-order valence-electron chi connectivity index (χ4n) is 1.89. The molecule has 2 aromatic rings. The van der Waals surface area contributed by atoms with Gasteiger partial charge in [0.15, 0.2) is 0 Å². The minimum Gasteiger partial charge on any atom is -0.469 e. The Labute approximate surface area is 121 Å². The molecule has 0 fully saturated rings. The van der Waals surface area contributed by atoms with Crippen LogP contribution in [0.1, 0.15) is 19.1 Å². The Bertz CT molecular complexity index is 584.